The van der Waals surface area contributed by atoms with Gasteiger partial charge in [0.1, 0.15) is 16.4 Å². The van der Waals surface area contributed by atoms with Crippen LogP contribution in [0.15, 0.2) is 108 Å². The average molecular weight is 541 g/mol. The number of carbonyl (C=O) groups is 2. The first-order valence-corrected chi connectivity index (χ1v) is 12.9. The zero-order chi connectivity index (χ0) is 26.3. The van der Waals surface area contributed by atoms with Crippen LogP contribution in [0.3, 0.4) is 0 Å². The van der Waals surface area contributed by atoms with Crippen LogP contribution in [0, 0.1) is 0 Å². The molecular formula is C30H21ClN2O4S. The van der Waals surface area contributed by atoms with E-state index < -0.39 is 11.9 Å². The highest BCUT2D eigenvalue weighted by molar-refractivity contribution is 7.21. The number of benzene rings is 4. The summed E-state index contributed by atoms with van der Waals surface area (Å²) in [4.78, 5) is 25.2. The Hall–Kier alpha value is -4.46. The van der Waals surface area contributed by atoms with Crippen molar-refractivity contribution in [3.8, 4) is 22.6 Å². The molecule has 5 rings (SSSR count). The minimum absolute atomic E-state index is 0.185. The van der Waals surface area contributed by atoms with E-state index in [2.05, 4.69) is 10.5 Å². The van der Waals surface area contributed by atoms with Crippen LogP contribution in [-0.2, 0) is 4.79 Å². The van der Waals surface area contributed by atoms with Crippen LogP contribution in [0.2, 0.25) is 5.02 Å². The number of esters is 1. The maximum absolute atomic E-state index is 12.7. The number of fused-ring (bicyclic) bond motifs is 1. The van der Waals surface area contributed by atoms with Crippen molar-refractivity contribution in [1.29, 1.82) is 0 Å². The molecule has 6 nitrogen and oxygen atoms in total. The fourth-order valence-electron chi connectivity index (χ4n) is 3.69. The molecule has 0 fully saturated rings. The summed E-state index contributed by atoms with van der Waals surface area (Å²) < 4.78 is 12.0. The lowest BCUT2D eigenvalue weighted by Crippen LogP contribution is -2.24. The largest absolute Gasteiger partial charge is 0.484 e. The van der Waals surface area contributed by atoms with Crippen molar-refractivity contribution < 1.29 is 19.1 Å². The third-order valence-electron chi connectivity index (χ3n) is 5.52. The molecule has 1 aromatic heterocycles. The second-order valence-electron chi connectivity index (χ2n) is 8.18. The molecule has 0 unspecified atom stereocenters. The van der Waals surface area contributed by atoms with E-state index in [-0.39, 0.29) is 6.61 Å². The maximum Gasteiger partial charge on any atom is 0.355 e. The van der Waals surface area contributed by atoms with Gasteiger partial charge < -0.3 is 9.47 Å². The summed E-state index contributed by atoms with van der Waals surface area (Å²) in [6, 6.07) is 31.8. The highest BCUT2D eigenvalue weighted by Crippen LogP contribution is 2.35. The van der Waals surface area contributed by atoms with Crippen molar-refractivity contribution in [2.24, 2.45) is 5.10 Å². The van der Waals surface area contributed by atoms with Gasteiger partial charge in [-0.1, -0.05) is 84.4 Å². The van der Waals surface area contributed by atoms with E-state index >= 15 is 0 Å². The number of halogens is 1. The van der Waals surface area contributed by atoms with Gasteiger partial charge in [-0.3, -0.25) is 4.79 Å². The van der Waals surface area contributed by atoms with Gasteiger partial charge in [0.15, 0.2) is 6.61 Å². The average Bonchev–Trinajstić information content (AvgIpc) is 3.29. The Morgan fingerprint density at radius 3 is 2.37 bits per heavy atom. The lowest BCUT2D eigenvalue weighted by atomic mass is 10.1. The van der Waals surface area contributed by atoms with Crippen LogP contribution in [0.4, 0.5) is 0 Å². The quantitative estimate of drug-likeness (QED) is 0.0997. The summed E-state index contributed by atoms with van der Waals surface area (Å²) in [6.45, 7) is -0.185. The Morgan fingerprint density at radius 1 is 0.842 bits per heavy atom. The Labute approximate surface area is 228 Å². The number of hydrogen-bond acceptors (Lipinski definition) is 6. The predicted octanol–water partition coefficient (Wildman–Crippen LogP) is 6.97. The second-order valence-corrected chi connectivity index (χ2v) is 9.61. The molecule has 0 atom stereocenters. The Morgan fingerprint density at radius 2 is 1.58 bits per heavy atom. The van der Waals surface area contributed by atoms with Crippen molar-refractivity contribution in [1.82, 2.24) is 5.43 Å². The van der Waals surface area contributed by atoms with Gasteiger partial charge in [0.2, 0.25) is 0 Å². The van der Waals surface area contributed by atoms with E-state index in [4.69, 9.17) is 21.1 Å². The van der Waals surface area contributed by atoms with Crippen LogP contribution < -0.4 is 14.9 Å². The minimum atomic E-state index is -0.535. The fourth-order valence-corrected chi connectivity index (χ4v) is 5.08. The van der Waals surface area contributed by atoms with Crippen molar-refractivity contribution >= 4 is 51.1 Å². The Kier molecular flexibility index (Phi) is 7.78. The van der Waals surface area contributed by atoms with Crippen LogP contribution in [0.25, 0.3) is 21.2 Å². The van der Waals surface area contributed by atoms with Gasteiger partial charge in [-0.15, -0.1) is 11.3 Å². The van der Waals surface area contributed by atoms with E-state index in [1.807, 2.05) is 78.9 Å². The molecule has 38 heavy (non-hydrogen) atoms. The molecule has 0 saturated heterocycles. The zero-order valence-corrected chi connectivity index (χ0v) is 21.5. The third-order valence-corrected chi connectivity index (χ3v) is 7.18. The van der Waals surface area contributed by atoms with Gasteiger partial charge >= 0.3 is 5.97 Å². The molecular weight excluding hydrogens is 520 g/mol. The van der Waals surface area contributed by atoms with Crippen LogP contribution in [-0.4, -0.2) is 24.7 Å². The molecule has 0 aliphatic carbocycles. The maximum atomic E-state index is 12.7. The molecule has 188 valence electrons. The molecule has 1 N–H and O–H groups in total. The van der Waals surface area contributed by atoms with Gasteiger partial charge in [-0.25, -0.2) is 10.2 Å². The van der Waals surface area contributed by atoms with Gasteiger partial charge in [0, 0.05) is 10.1 Å². The van der Waals surface area contributed by atoms with Gasteiger partial charge in [0.25, 0.3) is 5.91 Å². The summed E-state index contributed by atoms with van der Waals surface area (Å²) in [5.41, 5.74) is 5.23. The molecule has 0 radical (unpaired) electrons. The number of thiophene rings is 1. The van der Waals surface area contributed by atoms with Crippen molar-refractivity contribution in [3.05, 3.63) is 119 Å². The molecule has 8 heteroatoms. The molecule has 0 spiro atoms. The number of rotatable bonds is 8. The molecule has 0 aliphatic heterocycles. The second kappa shape index (κ2) is 11.7. The highest BCUT2D eigenvalue weighted by atomic mass is 35.5. The molecule has 5 aromatic rings. The number of hydrazone groups is 1. The Balaban J connectivity index is 1.13. The van der Waals surface area contributed by atoms with E-state index in [1.165, 1.54) is 17.6 Å². The van der Waals surface area contributed by atoms with Crippen LogP contribution in [0.1, 0.15) is 15.2 Å². The van der Waals surface area contributed by atoms with Gasteiger partial charge in [-0.2, -0.15) is 5.10 Å². The number of carbonyl (C=O) groups excluding carboxylic acids is 2. The van der Waals surface area contributed by atoms with Crippen molar-refractivity contribution in [2.75, 3.05) is 6.61 Å². The molecule has 1 heterocycles. The number of amides is 1. The molecule has 0 bridgehead atoms. The number of hydrogen-bond donors (Lipinski definition) is 1. The predicted molar refractivity (Wildman–Crippen MR) is 151 cm³/mol. The topological polar surface area (TPSA) is 77.0 Å². The number of nitrogens with one attached hydrogen (secondary N) is 1. The van der Waals surface area contributed by atoms with E-state index in [9.17, 15) is 9.59 Å². The third kappa shape index (κ3) is 6.08. The summed E-state index contributed by atoms with van der Waals surface area (Å²) in [5, 5.41) is 5.16. The minimum Gasteiger partial charge on any atom is -0.484 e. The van der Waals surface area contributed by atoms with E-state index in [1.54, 1.807) is 24.3 Å². The first kappa shape index (κ1) is 25.2. The Bertz CT molecular complexity index is 1610. The van der Waals surface area contributed by atoms with Gasteiger partial charge in [0.05, 0.1) is 11.2 Å². The molecule has 0 aliphatic rings. The standard InChI is InChI=1S/C30H21ClN2O4S/c31-28-25-11-4-5-12-26(25)38-29(28)30(35)37-24-10-6-7-20(17-24)18-32-33-27(34)19-36-23-15-13-22(14-16-23)21-8-2-1-3-9-21/h1-18H,19H2,(H,33,34)/b32-18-. The lowest BCUT2D eigenvalue weighted by Gasteiger charge is -2.07. The molecule has 0 saturated carbocycles. The summed E-state index contributed by atoms with van der Waals surface area (Å²) >= 11 is 7.67. The highest BCUT2D eigenvalue weighted by Gasteiger charge is 2.19. The zero-order valence-electron chi connectivity index (χ0n) is 20.0. The summed E-state index contributed by atoms with van der Waals surface area (Å²) in [7, 11) is 0. The van der Waals surface area contributed by atoms with Crippen LogP contribution in [0.5, 0.6) is 11.5 Å². The molecule has 1 amide bonds. The van der Waals surface area contributed by atoms with Crippen molar-refractivity contribution in [2.45, 2.75) is 0 Å². The van der Waals surface area contributed by atoms with Crippen LogP contribution >= 0.6 is 22.9 Å². The van der Waals surface area contributed by atoms with Gasteiger partial charge in [-0.05, 0) is 47.0 Å². The first-order valence-electron chi connectivity index (χ1n) is 11.7. The number of nitrogens with zero attached hydrogens (tertiary/aromatic N) is 1. The summed E-state index contributed by atoms with van der Waals surface area (Å²) in [5.74, 6) is -0.0268. The van der Waals surface area contributed by atoms with E-state index in [0.717, 1.165) is 21.2 Å². The SMILES string of the molecule is O=C(COc1ccc(-c2ccccc2)cc1)N/N=C\c1cccc(OC(=O)c2sc3ccccc3c2Cl)c1. The van der Waals surface area contributed by atoms with E-state index in [0.29, 0.717) is 27.0 Å². The fraction of sp³-hybridized carbons (Fsp3) is 0.0333. The lowest BCUT2D eigenvalue weighted by molar-refractivity contribution is -0.123. The number of ether oxygens (including phenoxy) is 2. The molecule has 4 aromatic carbocycles. The van der Waals surface area contributed by atoms with Crippen molar-refractivity contribution in [3.63, 3.8) is 0 Å². The monoisotopic (exact) mass is 540 g/mol. The summed E-state index contributed by atoms with van der Waals surface area (Å²) in [6.07, 6.45) is 1.45. The normalized spacial score (nSPS) is 11.0. The first-order chi connectivity index (χ1) is 18.6. The smallest absolute Gasteiger partial charge is 0.355 e.